The lowest BCUT2D eigenvalue weighted by Gasteiger charge is -2.36. The predicted octanol–water partition coefficient (Wildman–Crippen LogP) is 3.53. The molecule has 26 heavy (non-hydrogen) atoms. The van der Waals surface area contributed by atoms with Crippen molar-refractivity contribution in [3.63, 3.8) is 0 Å². The fraction of sp³-hybridized carbons (Fsp3) is 0.579. The van der Waals surface area contributed by atoms with Crippen LogP contribution in [0, 0.1) is 0 Å². The maximum atomic E-state index is 12.4. The van der Waals surface area contributed by atoms with Gasteiger partial charge in [-0.25, -0.2) is 9.59 Å². The van der Waals surface area contributed by atoms with E-state index in [1.54, 1.807) is 21.9 Å². The summed E-state index contributed by atoms with van der Waals surface area (Å²) in [5.41, 5.74) is 0.370. The minimum atomic E-state index is -0.559. The maximum absolute atomic E-state index is 12.4. The summed E-state index contributed by atoms with van der Waals surface area (Å²) in [6, 6.07) is 6.67. The molecule has 0 bridgehead atoms. The summed E-state index contributed by atoms with van der Waals surface area (Å²) in [5, 5.41) is 9.50. The Morgan fingerprint density at radius 1 is 1.08 bits per heavy atom. The molecule has 1 atom stereocenters. The van der Waals surface area contributed by atoms with Crippen LogP contribution >= 0.6 is 0 Å². The third-order valence-electron chi connectivity index (χ3n) is 4.23. The molecule has 0 saturated carbocycles. The number of hydrogen-bond donors (Lipinski definition) is 1. The zero-order valence-electron chi connectivity index (χ0n) is 15.9. The van der Waals surface area contributed by atoms with E-state index < -0.39 is 11.7 Å². The van der Waals surface area contributed by atoms with E-state index in [0.29, 0.717) is 26.1 Å². The molecule has 7 nitrogen and oxygen atoms in total. The van der Waals surface area contributed by atoms with Crippen LogP contribution in [0.2, 0.25) is 0 Å². The SMILES string of the molecule is COC(=O)N1CCN(C(=O)OC(C)(C)C)CCC[C@@H]1c1ccc(O)cc1. The van der Waals surface area contributed by atoms with Gasteiger partial charge >= 0.3 is 12.2 Å². The van der Waals surface area contributed by atoms with Crippen molar-refractivity contribution in [2.45, 2.75) is 45.3 Å². The molecule has 1 aromatic rings. The quantitative estimate of drug-likeness (QED) is 0.825. The van der Waals surface area contributed by atoms with E-state index in [2.05, 4.69) is 0 Å². The van der Waals surface area contributed by atoms with Crippen LogP contribution in [0.15, 0.2) is 24.3 Å². The summed E-state index contributed by atoms with van der Waals surface area (Å²) in [4.78, 5) is 27.9. The Bertz CT molecular complexity index is 624. The van der Waals surface area contributed by atoms with E-state index in [4.69, 9.17) is 9.47 Å². The molecule has 1 saturated heterocycles. The van der Waals surface area contributed by atoms with Gasteiger partial charge in [-0.2, -0.15) is 0 Å². The van der Waals surface area contributed by atoms with E-state index in [-0.39, 0.29) is 17.9 Å². The number of benzene rings is 1. The van der Waals surface area contributed by atoms with Gasteiger partial charge in [0.25, 0.3) is 0 Å². The highest BCUT2D eigenvalue weighted by molar-refractivity contribution is 5.70. The normalized spacial score (nSPS) is 18.7. The van der Waals surface area contributed by atoms with Crippen LogP contribution in [0.3, 0.4) is 0 Å². The minimum Gasteiger partial charge on any atom is -0.508 e. The van der Waals surface area contributed by atoms with E-state index in [1.165, 1.54) is 7.11 Å². The van der Waals surface area contributed by atoms with Gasteiger partial charge in [0.1, 0.15) is 11.4 Å². The van der Waals surface area contributed by atoms with Gasteiger partial charge in [-0.1, -0.05) is 12.1 Å². The van der Waals surface area contributed by atoms with E-state index in [9.17, 15) is 14.7 Å². The van der Waals surface area contributed by atoms with Crippen molar-refractivity contribution < 1.29 is 24.2 Å². The van der Waals surface area contributed by atoms with Crippen molar-refractivity contribution in [1.29, 1.82) is 0 Å². The second-order valence-corrected chi connectivity index (χ2v) is 7.38. The Morgan fingerprint density at radius 3 is 2.31 bits per heavy atom. The molecule has 7 heteroatoms. The summed E-state index contributed by atoms with van der Waals surface area (Å²) in [6.07, 6.45) is 0.594. The summed E-state index contributed by atoms with van der Waals surface area (Å²) in [6.45, 7) is 6.78. The molecule has 0 aromatic heterocycles. The van der Waals surface area contributed by atoms with Crippen LogP contribution < -0.4 is 0 Å². The molecule has 1 fully saturated rings. The molecule has 1 aliphatic rings. The molecule has 144 valence electrons. The number of nitrogens with zero attached hydrogens (tertiary/aromatic N) is 2. The zero-order valence-corrected chi connectivity index (χ0v) is 15.9. The Morgan fingerprint density at radius 2 is 1.73 bits per heavy atom. The summed E-state index contributed by atoms with van der Waals surface area (Å²) in [5.74, 6) is 0.181. The van der Waals surface area contributed by atoms with Gasteiger partial charge in [-0.15, -0.1) is 0 Å². The van der Waals surface area contributed by atoms with Crippen LogP contribution in [-0.2, 0) is 9.47 Å². The maximum Gasteiger partial charge on any atom is 0.410 e. The first-order valence-corrected chi connectivity index (χ1v) is 8.82. The fourth-order valence-corrected chi connectivity index (χ4v) is 3.02. The summed E-state index contributed by atoms with van der Waals surface area (Å²) >= 11 is 0. The Balaban J connectivity index is 2.16. The summed E-state index contributed by atoms with van der Waals surface area (Å²) in [7, 11) is 1.35. The molecule has 0 aliphatic carbocycles. The summed E-state index contributed by atoms with van der Waals surface area (Å²) < 4.78 is 10.4. The lowest BCUT2D eigenvalue weighted by molar-refractivity contribution is 0.0177. The number of carbonyl (C=O) groups excluding carboxylic acids is 2. The average molecular weight is 364 g/mol. The largest absolute Gasteiger partial charge is 0.508 e. The number of methoxy groups -OCH3 is 1. The lowest BCUT2D eigenvalue weighted by atomic mass is 9.99. The van der Waals surface area contributed by atoms with Gasteiger partial charge in [0, 0.05) is 19.6 Å². The molecule has 1 aromatic carbocycles. The standard InChI is InChI=1S/C19H28N2O5/c1-19(2,3)26-17(23)20-11-5-6-16(14-7-9-15(22)10-8-14)21(13-12-20)18(24)25-4/h7-10,16,22H,5-6,11-13H2,1-4H3/t16-/m1/s1. The molecular formula is C19H28N2O5. The predicted molar refractivity (Wildman–Crippen MR) is 97.0 cm³/mol. The number of hydrogen-bond acceptors (Lipinski definition) is 5. The monoisotopic (exact) mass is 364 g/mol. The second-order valence-electron chi connectivity index (χ2n) is 7.38. The first kappa shape index (κ1) is 19.9. The Kier molecular flexibility index (Phi) is 6.34. The van der Waals surface area contributed by atoms with Gasteiger partial charge < -0.3 is 19.5 Å². The number of rotatable bonds is 1. The van der Waals surface area contributed by atoms with Gasteiger partial charge in [0.15, 0.2) is 0 Å². The average Bonchev–Trinajstić information content (AvgIpc) is 2.54. The van der Waals surface area contributed by atoms with E-state index >= 15 is 0 Å². The molecule has 1 N–H and O–H groups in total. The Hall–Kier alpha value is -2.44. The van der Waals surface area contributed by atoms with Crippen LogP contribution in [0.4, 0.5) is 9.59 Å². The molecule has 0 unspecified atom stereocenters. The van der Waals surface area contributed by atoms with E-state index in [0.717, 1.165) is 12.0 Å². The van der Waals surface area contributed by atoms with Crippen LogP contribution in [-0.4, -0.2) is 59.4 Å². The third kappa shape index (κ3) is 5.28. The minimum absolute atomic E-state index is 0.163. The second kappa shape index (κ2) is 8.29. The Labute approximate surface area is 154 Å². The highest BCUT2D eigenvalue weighted by atomic mass is 16.6. The van der Waals surface area contributed by atoms with Crippen molar-refractivity contribution in [1.82, 2.24) is 9.80 Å². The molecule has 0 radical (unpaired) electrons. The molecular weight excluding hydrogens is 336 g/mol. The molecule has 1 heterocycles. The van der Waals surface area contributed by atoms with Crippen molar-refractivity contribution in [3.05, 3.63) is 29.8 Å². The molecule has 1 aliphatic heterocycles. The number of ether oxygens (including phenoxy) is 2. The van der Waals surface area contributed by atoms with Crippen molar-refractivity contribution in [2.24, 2.45) is 0 Å². The van der Waals surface area contributed by atoms with Crippen molar-refractivity contribution in [3.8, 4) is 5.75 Å². The van der Waals surface area contributed by atoms with Crippen molar-refractivity contribution >= 4 is 12.2 Å². The fourth-order valence-electron chi connectivity index (χ4n) is 3.02. The molecule has 2 amide bonds. The van der Waals surface area contributed by atoms with Crippen molar-refractivity contribution in [2.75, 3.05) is 26.7 Å². The number of phenols is 1. The lowest BCUT2D eigenvalue weighted by Crippen LogP contribution is -2.46. The van der Waals surface area contributed by atoms with Crippen LogP contribution in [0.5, 0.6) is 5.75 Å². The topological polar surface area (TPSA) is 79.3 Å². The van der Waals surface area contributed by atoms with Gasteiger partial charge in [-0.3, -0.25) is 4.90 Å². The third-order valence-corrected chi connectivity index (χ3v) is 4.23. The highest BCUT2D eigenvalue weighted by Crippen LogP contribution is 2.29. The van der Waals surface area contributed by atoms with Gasteiger partial charge in [-0.05, 0) is 51.3 Å². The smallest absolute Gasteiger partial charge is 0.410 e. The number of amides is 2. The number of carbonyl (C=O) groups is 2. The van der Waals surface area contributed by atoms with Crippen LogP contribution in [0.1, 0.15) is 45.2 Å². The van der Waals surface area contributed by atoms with E-state index in [1.807, 2.05) is 32.9 Å². The van der Waals surface area contributed by atoms with Gasteiger partial charge in [0.05, 0.1) is 13.2 Å². The first-order chi connectivity index (χ1) is 12.2. The zero-order chi connectivity index (χ0) is 19.3. The number of aromatic hydroxyl groups is 1. The van der Waals surface area contributed by atoms with Gasteiger partial charge in [0.2, 0.25) is 0 Å². The highest BCUT2D eigenvalue weighted by Gasteiger charge is 2.30. The molecule has 0 spiro atoms. The molecule has 2 rings (SSSR count). The van der Waals surface area contributed by atoms with Crippen LogP contribution in [0.25, 0.3) is 0 Å². The first-order valence-electron chi connectivity index (χ1n) is 8.82. The number of phenolic OH excluding ortho intramolecular Hbond substituents is 1.